The van der Waals surface area contributed by atoms with Crippen LogP contribution in [0.15, 0.2) is 109 Å². The van der Waals surface area contributed by atoms with E-state index in [1.54, 1.807) is 0 Å². The molecule has 0 saturated heterocycles. The summed E-state index contributed by atoms with van der Waals surface area (Å²) in [4.78, 5) is 0. The van der Waals surface area contributed by atoms with Crippen molar-refractivity contribution in [3.05, 3.63) is 109 Å². The van der Waals surface area contributed by atoms with Crippen molar-refractivity contribution in [3.8, 4) is 11.1 Å². The second kappa shape index (κ2) is 7.45. The normalized spacial score (nSPS) is 11.6. The molecule has 5 aromatic carbocycles. The summed E-state index contributed by atoms with van der Waals surface area (Å²) in [7, 11) is 0. The van der Waals surface area contributed by atoms with Crippen molar-refractivity contribution in [2.75, 3.05) is 5.32 Å². The van der Waals surface area contributed by atoms with Crippen LogP contribution in [0.2, 0.25) is 0 Å². The van der Waals surface area contributed by atoms with Crippen LogP contribution in [0.1, 0.15) is 0 Å². The van der Waals surface area contributed by atoms with E-state index in [9.17, 15) is 0 Å². The van der Waals surface area contributed by atoms with Crippen LogP contribution >= 0.6 is 22.7 Å². The molecule has 0 aliphatic carbocycles. The average molecular weight is 458 g/mol. The summed E-state index contributed by atoms with van der Waals surface area (Å²) < 4.78 is 5.36. The zero-order valence-electron chi connectivity index (χ0n) is 17.7. The number of anilines is 2. The maximum absolute atomic E-state index is 3.60. The highest BCUT2D eigenvalue weighted by Crippen LogP contribution is 2.40. The molecule has 0 aliphatic heterocycles. The fourth-order valence-corrected chi connectivity index (χ4v) is 7.00. The van der Waals surface area contributed by atoms with E-state index in [-0.39, 0.29) is 0 Å². The van der Waals surface area contributed by atoms with E-state index in [0.717, 1.165) is 11.4 Å². The lowest BCUT2D eigenvalue weighted by atomic mass is 10.0. The molecule has 0 spiro atoms. The zero-order valence-corrected chi connectivity index (χ0v) is 19.3. The van der Waals surface area contributed by atoms with Crippen LogP contribution in [0.4, 0.5) is 11.4 Å². The molecule has 1 nitrogen and oxygen atoms in total. The van der Waals surface area contributed by atoms with E-state index in [0.29, 0.717) is 0 Å². The van der Waals surface area contributed by atoms with Gasteiger partial charge in [-0.1, -0.05) is 66.7 Å². The van der Waals surface area contributed by atoms with Gasteiger partial charge in [-0.2, -0.15) is 0 Å². The van der Waals surface area contributed by atoms with E-state index in [2.05, 4.69) is 115 Å². The van der Waals surface area contributed by atoms with Gasteiger partial charge in [0, 0.05) is 51.7 Å². The molecule has 3 heteroatoms. The minimum Gasteiger partial charge on any atom is -0.356 e. The quantitative estimate of drug-likeness (QED) is 0.278. The molecule has 33 heavy (non-hydrogen) atoms. The third-order valence-corrected chi connectivity index (χ3v) is 8.64. The molecular weight excluding hydrogens is 438 g/mol. The maximum atomic E-state index is 3.60. The van der Waals surface area contributed by atoms with Gasteiger partial charge in [-0.15, -0.1) is 22.7 Å². The molecule has 0 unspecified atom stereocenters. The summed E-state index contributed by atoms with van der Waals surface area (Å²) in [6, 6.07) is 39.4. The zero-order chi connectivity index (χ0) is 21.8. The molecule has 2 heterocycles. The Hall–Kier alpha value is -3.66. The van der Waals surface area contributed by atoms with Crippen molar-refractivity contribution >= 4 is 74.4 Å². The summed E-state index contributed by atoms with van der Waals surface area (Å²) >= 11 is 3.73. The maximum Gasteiger partial charge on any atom is 0.0433 e. The summed E-state index contributed by atoms with van der Waals surface area (Å²) in [6.45, 7) is 0. The van der Waals surface area contributed by atoms with E-state index in [4.69, 9.17) is 0 Å². The Morgan fingerprint density at radius 2 is 1.09 bits per heavy atom. The monoisotopic (exact) mass is 457 g/mol. The number of rotatable bonds is 3. The molecule has 0 saturated carbocycles. The first-order valence-electron chi connectivity index (χ1n) is 11.0. The van der Waals surface area contributed by atoms with Gasteiger partial charge in [0.15, 0.2) is 0 Å². The number of hydrogen-bond donors (Lipinski definition) is 1. The summed E-state index contributed by atoms with van der Waals surface area (Å²) in [5.74, 6) is 0. The predicted octanol–water partition coefficient (Wildman–Crippen LogP) is 9.83. The fraction of sp³-hybridized carbons (Fsp3) is 0. The lowest BCUT2D eigenvalue weighted by molar-refractivity contribution is 1.57. The van der Waals surface area contributed by atoms with Gasteiger partial charge in [0.2, 0.25) is 0 Å². The highest BCUT2D eigenvalue weighted by atomic mass is 32.1. The highest BCUT2D eigenvalue weighted by molar-refractivity contribution is 7.26. The van der Waals surface area contributed by atoms with Gasteiger partial charge in [0.1, 0.15) is 0 Å². The van der Waals surface area contributed by atoms with Gasteiger partial charge in [-0.05, 0) is 53.6 Å². The molecule has 0 atom stereocenters. The molecule has 2 aromatic heterocycles. The molecule has 0 radical (unpaired) electrons. The van der Waals surface area contributed by atoms with Gasteiger partial charge in [0.05, 0.1) is 0 Å². The van der Waals surface area contributed by atoms with Gasteiger partial charge in [-0.25, -0.2) is 0 Å². The molecule has 0 bridgehead atoms. The van der Waals surface area contributed by atoms with Gasteiger partial charge in [-0.3, -0.25) is 0 Å². The Morgan fingerprint density at radius 1 is 0.455 bits per heavy atom. The molecular formula is C30H19NS2. The van der Waals surface area contributed by atoms with Crippen LogP contribution in [-0.2, 0) is 0 Å². The predicted molar refractivity (Wildman–Crippen MR) is 147 cm³/mol. The standard InChI is InChI=1S/C30H19NS2/c1-4-11-28-23(6-1)25-9-5-8-22(30(25)33-28)19-12-14-20(15-13-19)31-21-16-17-29-26(18-21)24-7-2-3-10-27(24)32-29/h1-18,31H. The van der Waals surface area contributed by atoms with Crippen molar-refractivity contribution in [2.45, 2.75) is 0 Å². The Balaban J connectivity index is 1.24. The fourth-order valence-electron chi connectivity index (χ4n) is 4.68. The number of hydrogen-bond acceptors (Lipinski definition) is 3. The summed E-state index contributed by atoms with van der Waals surface area (Å²) in [5, 5.41) is 8.92. The third kappa shape index (κ3) is 3.12. The lowest BCUT2D eigenvalue weighted by Gasteiger charge is -2.09. The van der Waals surface area contributed by atoms with Crippen molar-refractivity contribution in [2.24, 2.45) is 0 Å². The highest BCUT2D eigenvalue weighted by Gasteiger charge is 2.10. The first-order valence-corrected chi connectivity index (χ1v) is 12.7. The lowest BCUT2D eigenvalue weighted by Crippen LogP contribution is -1.89. The smallest absolute Gasteiger partial charge is 0.0433 e. The molecule has 7 rings (SSSR count). The van der Waals surface area contributed by atoms with Gasteiger partial charge < -0.3 is 5.32 Å². The second-order valence-electron chi connectivity index (χ2n) is 8.29. The molecule has 7 aromatic rings. The van der Waals surface area contributed by atoms with Crippen molar-refractivity contribution < 1.29 is 0 Å². The number of fused-ring (bicyclic) bond motifs is 6. The van der Waals surface area contributed by atoms with Crippen molar-refractivity contribution in [1.82, 2.24) is 0 Å². The van der Waals surface area contributed by atoms with Crippen LogP contribution in [-0.4, -0.2) is 0 Å². The largest absolute Gasteiger partial charge is 0.356 e. The SMILES string of the molecule is c1ccc2c(c1)sc1ccc(Nc3ccc(-c4cccc5c4sc4ccccc45)cc3)cc12. The summed E-state index contributed by atoms with van der Waals surface area (Å²) in [5.41, 5.74) is 4.76. The van der Waals surface area contributed by atoms with Crippen LogP contribution < -0.4 is 5.32 Å². The van der Waals surface area contributed by atoms with Crippen molar-refractivity contribution in [3.63, 3.8) is 0 Å². The van der Waals surface area contributed by atoms with E-state index < -0.39 is 0 Å². The molecule has 0 aliphatic rings. The van der Waals surface area contributed by atoms with E-state index in [1.165, 1.54) is 51.5 Å². The van der Waals surface area contributed by atoms with E-state index in [1.807, 2.05) is 22.7 Å². The van der Waals surface area contributed by atoms with Crippen LogP contribution in [0.25, 0.3) is 51.5 Å². The molecule has 1 N–H and O–H groups in total. The minimum atomic E-state index is 1.10. The Kier molecular flexibility index (Phi) is 4.26. The van der Waals surface area contributed by atoms with Gasteiger partial charge in [0.25, 0.3) is 0 Å². The van der Waals surface area contributed by atoms with Crippen LogP contribution in [0.5, 0.6) is 0 Å². The van der Waals surface area contributed by atoms with E-state index >= 15 is 0 Å². The molecule has 0 amide bonds. The minimum absolute atomic E-state index is 1.10. The molecule has 156 valence electrons. The van der Waals surface area contributed by atoms with Crippen LogP contribution in [0.3, 0.4) is 0 Å². The average Bonchev–Trinajstić information content (AvgIpc) is 3.43. The van der Waals surface area contributed by atoms with Gasteiger partial charge >= 0.3 is 0 Å². The first kappa shape index (κ1) is 18.9. The van der Waals surface area contributed by atoms with Crippen molar-refractivity contribution in [1.29, 1.82) is 0 Å². The van der Waals surface area contributed by atoms with Crippen LogP contribution in [0, 0.1) is 0 Å². The number of nitrogens with one attached hydrogen (secondary N) is 1. The number of benzene rings is 5. The number of thiophene rings is 2. The summed E-state index contributed by atoms with van der Waals surface area (Å²) in [6.07, 6.45) is 0. The third-order valence-electron chi connectivity index (χ3n) is 6.27. The Labute approximate surface area is 199 Å². The molecule has 0 fully saturated rings. The first-order chi connectivity index (χ1) is 16.3. The Bertz CT molecular complexity index is 1790. The second-order valence-corrected chi connectivity index (χ2v) is 10.4. The Morgan fingerprint density at radius 3 is 1.91 bits per heavy atom. The topological polar surface area (TPSA) is 12.0 Å².